The predicted molar refractivity (Wildman–Crippen MR) is 114 cm³/mol. The third-order valence-electron chi connectivity index (χ3n) is 5.68. The van der Waals surface area contributed by atoms with Gasteiger partial charge >= 0.3 is 5.97 Å². The van der Waals surface area contributed by atoms with Crippen molar-refractivity contribution in [3.63, 3.8) is 0 Å². The zero-order valence-electron chi connectivity index (χ0n) is 17.5. The molecule has 0 radical (unpaired) electrons. The minimum absolute atomic E-state index is 0.0309. The maximum atomic E-state index is 13.8. The fraction of sp³-hybridized carbons (Fsp3) is 0.636. The molecule has 29 heavy (non-hydrogen) atoms. The maximum absolute atomic E-state index is 13.8. The lowest BCUT2D eigenvalue weighted by molar-refractivity contribution is -0.148. The molecule has 1 aliphatic heterocycles. The van der Waals surface area contributed by atoms with Crippen molar-refractivity contribution in [3.05, 3.63) is 23.8 Å². The fourth-order valence-electron chi connectivity index (χ4n) is 4.24. The molecule has 0 N–H and O–H groups in total. The van der Waals surface area contributed by atoms with Gasteiger partial charge < -0.3 is 19.1 Å². The summed E-state index contributed by atoms with van der Waals surface area (Å²) in [5, 5.41) is -0.0309. The number of carbonyl (C=O) groups is 2. The Bertz CT molecular complexity index is 697. The number of esters is 1. The van der Waals surface area contributed by atoms with E-state index < -0.39 is 6.04 Å². The van der Waals surface area contributed by atoms with Crippen LogP contribution in [0.3, 0.4) is 0 Å². The fourth-order valence-corrected chi connectivity index (χ4v) is 5.86. The molecule has 2 fully saturated rings. The molecule has 0 bridgehead atoms. The van der Waals surface area contributed by atoms with Gasteiger partial charge in [0.2, 0.25) is 0 Å². The second kappa shape index (κ2) is 10.2. The van der Waals surface area contributed by atoms with E-state index >= 15 is 0 Å². The predicted octanol–water partition coefficient (Wildman–Crippen LogP) is 4.12. The number of hydrogen-bond acceptors (Lipinski definition) is 6. The standard InChI is InChI=1S/C22H31NO5S/c1-4-13-28-22(25)16-14-29-21(15-9-6-5-7-10-15)23(16)20(24)19-17(26-2)11-8-12-18(19)27-3/h8,11-12,15-16,21H,4-7,9-10,13-14H2,1-3H3. The van der Waals surface area contributed by atoms with Crippen molar-refractivity contribution in [1.82, 2.24) is 4.90 Å². The Morgan fingerprint density at radius 3 is 2.34 bits per heavy atom. The first-order valence-electron chi connectivity index (χ1n) is 10.4. The van der Waals surface area contributed by atoms with Gasteiger partial charge in [-0.05, 0) is 37.3 Å². The maximum Gasteiger partial charge on any atom is 0.329 e. The van der Waals surface area contributed by atoms with Crippen molar-refractivity contribution in [2.24, 2.45) is 5.92 Å². The van der Waals surface area contributed by atoms with Crippen molar-refractivity contribution in [3.8, 4) is 11.5 Å². The molecular weight excluding hydrogens is 390 g/mol. The molecule has 1 aliphatic carbocycles. The minimum atomic E-state index is -0.583. The van der Waals surface area contributed by atoms with Crippen LogP contribution in [-0.2, 0) is 9.53 Å². The molecule has 1 amide bonds. The molecule has 1 aromatic carbocycles. The van der Waals surface area contributed by atoms with E-state index in [0.29, 0.717) is 35.3 Å². The third kappa shape index (κ3) is 4.65. The monoisotopic (exact) mass is 421 g/mol. The number of methoxy groups -OCH3 is 2. The van der Waals surface area contributed by atoms with Crippen LogP contribution in [0, 0.1) is 5.92 Å². The molecule has 3 rings (SSSR count). The first kappa shape index (κ1) is 21.8. The minimum Gasteiger partial charge on any atom is -0.496 e. The molecule has 0 spiro atoms. The van der Waals surface area contributed by atoms with E-state index in [-0.39, 0.29) is 17.3 Å². The van der Waals surface area contributed by atoms with Crippen LogP contribution in [0.1, 0.15) is 55.8 Å². The first-order valence-corrected chi connectivity index (χ1v) is 11.5. The second-order valence-corrected chi connectivity index (χ2v) is 8.70. The molecule has 0 aromatic heterocycles. The Morgan fingerprint density at radius 2 is 1.76 bits per heavy atom. The number of amides is 1. The molecule has 1 heterocycles. The van der Waals surface area contributed by atoms with Gasteiger partial charge in [0.15, 0.2) is 0 Å². The van der Waals surface area contributed by atoms with Crippen LogP contribution in [0.15, 0.2) is 18.2 Å². The summed E-state index contributed by atoms with van der Waals surface area (Å²) < 4.78 is 16.4. The van der Waals surface area contributed by atoms with Crippen molar-refractivity contribution in [2.75, 3.05) is 26.6 Å². The lowest BCUT2D eigenvalue weighted by Gasteiger charge is -2.35. The molecule has 6 nitrogen and oxygen atoms in total. The third-order valence-corrected chi connectivity index (χ3v) is 7.15. The first-order chi connectivity index (χ1) is 14.1. The largest absolute Gasteiger partial charge is 0.496 e. The summed E-state index contributed by atoms with van der Waals surface area (Å²) in [6, 6.07) is 4.71. The number of nitrogens with zero attached hydrogens (tertiary/aromatic N) is 1. The number of carbonyl (C=O) groups excluding carboxylic acids is 2. The van der Waals surface area contributed by atoms with E-state index in [1.807, 2.05) is 6.92 Å². The molecule has 160 valence electrons. The van der Waals surface area contributed by atoms with Gasteiger partial charge in [0.05, 0.1) is 26.2 Å². The molecule has 1 aromatic rings. The normalized spacial score (nSPS) is 22.4. The van der Waals surface area contributed by atoms with Gasteiger partial charge in [-0.2, -0.15) is 0 Å². The SMILES string of the molecule is CCCOC(=O)C1CSC(C2CCCCC2)N1C(=O)c1c(OC)cccc1OC. The van der Waals surface area contributed by atoms with Crippen LogP contribution in [-0.4, -0.2) is 54.8 Å². The topological polar surface area (TPSA) is 65.1 Å². The smallest absolute Gasteiger partial charge is 0.329 e. The highest BCUT2D eigenvalue weighted by atomic mass is 32.2. The Balaban J connectivity index is 1.96. The zero-order chi connectivity index (χ0) is 20.8. The highest BCUT2D eigenvalue weighted by Gasteiger charge is 2.47. The number of benzene rings is 1. The van der Waals surface area contributed by atoms with Gasteiger partial charge in [0.1, 0.15) is 23.1 Å². The van der Waals surface area contributed by atoms with Gasteiger partial charge in [-0.25, -0.2) is 4.79 Å². The van der Waals surface area contributed by atoms with E-state index in [9.17, 15) is 9.59 Å². The molecule has 1 saturated carbocycles. The number of ether oxygens (including phenoxy) is 3. The molecule has 1 saturated heterocycles. The Labute approximate surface area is 177 Å². The van der Waals surface area contributed by atoms with E-state index in [0.717, 1.165) is 19.3 Å². The highest BCUT2D eigenvalue weighted by molar-refractivity contribution is 8.00. The number of thioether (sulfide) groups is 1. The van der Waals surface area contributed by atoms with Crippen LogP contribution in [0.25, 0.3) is 0 Å². The van der Waals surface area contributed by atoms with Gasteiger partial charge in [-0.1, -0.05) is 32.3 Å². The van der Waals surface area contributed by atoms with Crippen molar-refractivity contribution in [1.29, 1.82) is 0 Å². The summed E-state index contributed by atoms with van der Waals surface area (Å²) in [5.74, 6) is 1.32. The average Bonchev–Trinajstić information content (AvgIpc) is 3.22. The molecule has 2 atom stereocenters. The summed E-state index contributed by atoms with van der Waals surface area (Å²) in [7, 11) is 3.08. The molecular formula is C22H31NO5S. The van der Waals surface area contributed by atoms with Crippen LogP contribution in [0.2, 0.25) is 0 Å². The van der Waals surface area contributed by atoms with Crippen molar-refractivity contribution in [2.45, 2.75) is 56.9 Å². The second-order valence-electron chi connectivity index (χ2n) is 7.56. The lowest BCUT2D eigenvalue weighted by atomic mass is 9.88. The summed E-state index contributed by atoms with van der Waals surface area (Å²) in [6.45, 7) is 2.33. The summed E-state index contributed by atoms with van der Waals surface area (Å²) in [6.07, 6.45) is 6.51. The van der Waals surface area contributed by atoms with E-state index in [2.05, 4.69) is 0 Å². The van der Waals surface area contributed by atoms with Gasteiger partial charge in [-0.15, -0.1) is 11.8 Å². The zero-order valence-corrected chi connectivity index (χ0v) is 18.3. The van der Waals surface area contributed by atoms with Crippen molar-refractivity contribution < 1.29 is 23.8 Å². The van der Waals surface area contributed by atoms with E-state index in [1.54, 1.807) is 34.9 Å². The summed E-state index contributed by atoms with van der Waals surface area (Å²) in [5.41, 5.74) is 0.370. The van der Waals surface area contributed by atoms with E-state index in [4.69, 9.17) is 14.2 Å². The van der Waals surface area contributed by atoms with Crippen LogP contribution in [0.4, 0.5) is 0 Å². The van der Waals surface area contributed by atoms with Crippen LogP contribution >= 0.6 is 11.8 Å². The Kier molecular flexibility index (Phi) is 7.70. The lowest BCUT2D eigenvalue weighted by Crippen LogP contribution is -2.48. The van der Waals surface area contributed by atoms with Crippen molar-refractivity contribution >= 4 is 23.6 Å². The average molecular weight is 422 g/mol. The molecule has 7 heteroatoms. The van der Waals surface area contributed by atoms with Crippen LogP contribution in [0.5, 0.6) is 11.5 Å². The van der Waals surface area contributed by atoms with Gasteiger partial charge in [0.25, 0.3) is 5.91 Å². The molecule has 2 unspecified atom stereocenters. The van der Waals surface area contributed by atoms with Crippen LogP contribution < -0.4 is 9.47 Å². The highest BCUT2D eigenvalue weighted by Crippen LogP contribution is 2.43. The number of rotatable bonds is 7. The summed E-state index contributed by atoms with van der Waals surface area (Å²) >= 11 is 1.70. The van der Waals surface area contributed by atoms with Gasteiger partial charge in [-0.3, -0.25) is 4.79 Å². The Hall–Kier alpha value is -1.89. The quantitative estimate of drug-likeness (QED) is 0.617. The number of hydrogen-bond donors (Lipinski definition) is 0. The Morgan fingerprint density at radius 1 is 1.10 bits per heavy atom. The summed E-state index contributed by atoms with van der Waals surface area (Å²) in [4.78, 5) is 28.3. The van der Waals surface area contributed by atoms with E-state index in [1.165, 1.54) is 33.5 Å². The van der Waals surface area contributed by atoms with Gasteiger partial charge in [0, 0.05) is 5.75 Å². The molecule has 2 aliphatic rings.